The van der Waals surface area contributed by atoms with Gasteiger partial charge in [-0.1, -0.05) is 6.07 Å². The molecule has 7 heteroatoms. The molecule has 104 valence electrons. The molecular weight excluding hydrogens is 391 g/mol. The fourth-order valence-corrected chi connectivity index (χ4v) is 2.53. The zero-order valence-electron chi connectivity index (χ0n) is 10.5. The first-order valence-corrected chi connectivity index (χ1v) is 7.30. The fourth-order valence-electron chi connectivity index (χ4n) is 1.65. The highest BCUT2D eigenvalue weighted by atomic mass is 127. The lowest BCUT2D eigenvalue weighted by Gasteiger charge is -2.16. The Morgan fingerprint density at radius 2 is 1.95 bits per heavy atom. The molecule has 0 radical (unpaired) electrons. The predicted octanol–water partition coefficient (Wildman–Crippen LogP) is 1.60. The third-order valence-electron chi connectivity index (χ3n) is 2.51. The molecule has 1 heterocycles. The van der Waals surface area contributed by atoms with Crippen molar-refractivity contribution < 1.29 is 14.3 Å². The van der Waals surface area contributed by atoms with E-state index in [0.717, 1.165) is 14.9 Å². The Bertz CT molecular complexity index is 606. The summed E-state index contributed by atoms with van der Waals surface area (Å²) >= 11 is 6.88. The van der Waals surface area contributed by atoms with E-state index in [-0.39, 0.29) is 10.7 Å². The number of halogens is 1. The number of carbonyl (C=O) groups is 2. The monoisotopic (exact) mass is 402 g/mol. The first-order valence-electron chi connectivity index (χ1n) is 5.82. The average Bonchev–Trinajstić information content (AvgIpc) is 2.37. The van der Waals surface area contributed by atoms with Crippen LogP contribution in [0.15, 0.2) is 23.8 Å². The number of nitrogens with one attached hydrogen (secondary N) is 2. The summed E-state index contributed by atoms with van der Waals surface area (Å²) in [5.41, 5.74) is 0.768. The van der Waals surface area contributed by atoms with Gasteiger partial charge in [-0.05, 0) is 65.5 Å². The molecule has 1 aliphatic rings. The molecule has 2 amide bonds. The van der Waals surface area contributed by atoms with Crippen LogP contribution in [-0.4, -0.2) is 23.5 Å². The van der Waals surface area contributed by atoms with Gasteiger partial charge in [-0.25, -0.2) is 0 Å². The second-order valence-corrected chi connectivity index (χ2v) is 5.49. The van der Waals surface area contributed by atoms with E-state index in [2.05, 4.69) is 33.2 Å². The zero-order valence-corrected chi connectivity index (χ0v) is 13.5. The van der Waals surface area contributed by atoms with Crippen LogP contribution in [0.3, 0.4) is 0 Å². The van der Waals surface area contributed by atoms with Gasteiger partial charge in [0, 0.05) is 0 Å². The van der Waals surface area contributed by atoms with Crippen molar-refractivity contribution in [2.75, 3.05) is 6.61 Å². The molecule has 1 fully saturated rings. The molecule has 1 aromatic rings. The molecule has 1 aliphatic heterocycles. The van der Waals surface area contributed by atoms with Gasteiger partial charge in [-0.15, -0.1) is 0 Å². The van der Waals surface area contributed by atoms with E-state index in [1.165, 1.54) is 6.08 Å². The minimum Gasteiger partial charge on any atom is -0.493 e. The van der Waals surface area contributed by atoms with E-state index in [1.54, 1.807) is 12.1 Å². The molecular formula is C13H11IN2O3S. The standard InChI is InChI=1S/C13H11IN2O3S/c1-2-19-10-4-3-7(6-9(10)14)5-8-11(17)15-13(20)16-12(8)18/h3-6H,2H2,1H3,(H2,15,16,17,18,20). The summed E-state index contributed by atoms with van der Waals surface area (Å²) in [6.45, 7) is 2.49. The van der Waals surface area contributed by atoms with E-state index in [0.29, 0.717) is 6.61 Å². The van der Waals surface area contributed by atoms with Crippen molar-refractivity contribution in [2.24, 2.45) is 0 Å². The van der Waals surface area contributed by atoms with Crippen molar-refractivity contribution in [3.05, 3.63) is 32.9 Å². The lowest BCUT2D eigenvalue weighted by Crippen LogP contribution is -2.51. The van der Waals surface area contributed by atoms with Crippen molar-refractivity contribution in [2.45, 2.75) is 6.92 Å². The highest BCUT2D eigenvalue weighted by molar-refractivity contribution is 14.1. The van der Waals surface area contributed by atoms with Gasteiger partial charge in [0.2, 0.25) is 0 Å². The van der Waals surface area contributed by atoms with Crippen LogP contribution in [0.5, 0.6) is 5.75 Å². The normalized spacial score (nSPS) is 14.7. The van der Waals surface area contributed by atoms with Gasteiger partial charge in [0.1, 0.15) is 11.3 Å². The minimum absolute atomic E-state index is 0.0263. The summed E-state index contributed by atoms with van der Waals surface area (Å²) in [5.74, 6) is -0.223. The fraction of sp³-hybridized carbons (Fsp3) is 0.154. The van der Waals surface area contributed by atoms with Crippen molar-refractivity contribution in [3.8, 4) is 5.75 Å². The number of amides is 2. The van der Waals surface area contributed by atoms with E-state index >= 15 is 0 Å². The highest BCUT2D eigenvalue weighted by Crippen LogP contribution is 2.23. The van der Waals surface area contributed by atoms with Gasteiger partial charge in [-0.2, -0.15) is 0 Å². The molecule has 0 aliphatic carbocycles. The lowest BCUT2D eigenvalue weighted by molar-refractivity contribution is -0.123. The Kier molecular flexibility index (Phi) is 4.71. The maximum Gasteiger partial charge on any atom is 0.263 e. The highest BCUT2D eigenvalue weighted by Gasteiger charge is 2.25. The number of hydrogen-bond donors (Lipinski definition) is 2. The summed E-state index contributed by atoms with van der Waals surface area (Å²) < 4.78 is 6.34. The smallest absolute Gasteiger partial charge is 0.263 e. The summed E-state index contributed by atoms with van der Waals surface area (Å²) in [6, 6.07) is 5.43. The third-order valence-corrected chi connectivity index (χ3v) is 3.56. The van der Waals surface area contributed by atoms with Crippen LogP contribution in [0, 0.1) is 3.57 Å². The number of thiocarbonyl (C=S) groups is 1. The van der Waals surface area contributed by atoms with Crippen LogP contribution in [-0.2, 0) is 9.59 Å². The number of ether oxygens (including phenoxy) is 1. The number of carbonyl (C=O) groups excluding carboxylic acids is 2. The van der Waals surface area contributed by atoms with Crippen molar-refractivity contribution in [1.82, 2.24) is 10.6 Å². The lowest BCUT2D eigenvalue weighted by atomic mass is 10.1. The number of benzene rings is 1. The topological polar surface area (TPSA) is 67.4 Å². The maximum absolute atomic E-state index is 11.7. The van der Waals surface area contributed by atoms with E-state index < -0.39 is 11.8 Å². The minimum atomic E-state index is -0.498. The molecule has 0 spiro atoms. The second-order valence-electron chi connectivity index (χ2n) is 3.92. The van der Waals surface area contributed by atoms with Crippen molar-refractivity contribution >= 4 is 57.8 Å². The first-order chi connectivity index (χ1) is 9.51. The van der Waals surface area contributed by atoms with Crippen LogP contribution in [0.2, 0.25) is 0 Å². The predicted molar refractivity (Wildman–Crippen MR) is 87.2 cm³/mol. The summed E-state index contributed by atoms with van der Waals surface area (Å²) in [5, 5.41) is 4.81. The average molecular weight is 402 g/mol. The third kappa shape index (κ3) is 3.34. The number of hydrogen-bond acceptors (Lipinski definition) is 4. The molecule has 0 unspecified atom stereocenters. The SMILES string of the molecule is CCOc1ccc(C=C2C(=O)NC(=S)NC2=O)cc1I. The van der Waals surface area contributed by atoms with Crippen molar-refractivity contribution in [3.63, 3.8) is 0 Å². The van der Waals surface area contributed by atoms with Gasteiger partial charge in [0.05, 0.1) is 10.2 Å². The van der Waals surface area contributed by atoms with Gasteiger partial charge in [0.25, 0.3) is 11.8 Å². The van der Waals surface area contributed by atoms with Crippen LogP contribution < -0.4 is 15.4 Å². The molecule has 2 N–H and O–H groups in total. The molecule has 0 saturated carbocycles. The van der Waals surface area contributed by atoms with Gasteiger partial charge in [-0.3, -0.25) is 20.2 Å². The largest absolute Gasteiger partial charge is 0.493 e. The van der Waals surface area contributed by atoms with Crippen molar-refractivity contribution in [1.29, 1.82) is 0 Å². The van der Waals surface area contributed by atoms with Crippen LogP contribution in [0.25, 0.3) is 6.08 Å². The Morgan fingerprint density at radius 3 is 2.50 bits per heavy atom. The number of rotatable bonds is 3. The van der Waals surface area contributed by atoms with Gasteiger partial charge in [0.15, 0.2) is 5.11 Å². The Labute approximate surface area is 134 Å². The molecule has 1 aromatic carbocycles. The van der Waals surface area contributed by atoms with Gasteiger partial charge < -0.3 is 4.74 Å². The molecule has 5 nitrogen and oxygen atoms in total. The molecule has 20 heavy (non-hydrogen) atoms. The zero-order chi connectivity index (χ0) is 14.7. The molecule has 0 aromatic heterocycles. The summed E-state index contributed by atoms with van der Waals surface area (Å²) in [4.78, 5) is 23.4. The molecule has 1 saturated heterocycles. The molecule has 0 atom stereocenters. The van der Waals surface area contributed by atoms with Crippen LogP contribution in [0.1, 0.15) is 12.5 Å². The Balaban J connectivity index is 2.30. The summed E-state index contributed by atoms with van der Waals surface area (Å²) in [6.07, 6.45) is 1.52. The Hall–Kier alpha value is -1.48. The second kappa shape index (κ2) is 6.31. The maximum atomic E-state index is 11.7. The van der Waals surface area contributed by atoms with E-state index in [9.17, 15) is 9.59 Å². The summed E-state index contributed by atoms with van der Waals surface area (Å²) in [7, 11) is 0. The molecule has 0 bridgehead atoms. The quantitative estimate of drug-likeness (QED) is 0.349. The van der Waals surface area contributed by atoms with Gasteiger partial charge >= 0.3 is 0 Å². The van der Waals surface area contributed by atoms with Crippen LogP contribution in [0.4, 0.5) is 0 Å². The Morgan fingerprint density at radius 1 is 1.30 bits per heavy atom. The first kappa shape index (κ1) is 14.9. The van der Waals surface area contributed by atoms with E-state index in [1.807, 2.05) is 13.0 Å². The van der Waals surface area contributed by atoms with Crippen LogP contribution >= 0.6 is 34.8 Å². The van der Waals surface area contributed by atoms with E-state index in [4.69, 9.17) is 17.0 Å². The molecule has 2 rings (SSSR count).